The molecule has 3 aromatic rings. The second-order valence-corrected chi connectivity index (χ2v) is 7.14. The SMILES string of the molecule is O=c1c2sc(-c3ccccc3)cc2ncn1CC1CCNCC1. The van der Waals surface area contributed by atoms with Gasteiger partial charge in [-0.3, -0.25) is 9.36 Å². The first-order chi connectivity index (χ1) is 11.3. The van der Waals surface area contributed by atoms with Crippen molar-refractivity contribution in [2.45, 2.75) is 19.4 Å². The van der Waals surface area contributed by atoms with Gasteiger partial charge in [-0.15, -0.1) is 11.3 Å². The Morgan fingerprint density at radius 1 is 1.22 bits per heavy atom. The van der Waals surface area contributed by atoms with Crippen molar-refractivity contribution in [3.8, 4) is 10.4 Å². The minimum absolute atomic E-state index is 0.0979. The highest BCUT2D eigenvalue weighted by Crippen LogP contribution is 2.30. The van der Waals surface area contributed by atoms with Gasteiger partial charge in [-0.1, -0.05) is 30.3 Å². The summed E-state index contributed by atoms with van der Waals surface area (Å²) in [5.41, 5.74) is 2.04. The molecule has 0 saturated carbocycles. The maximum absolute atomic E-state index is 12.8. The smallest absolute Gasteiger partial charge is 0.271 e. The van der Waals surface area contributed by atoms with Gasteiger partial charge in [0.2, 0.25) is 0 Å². The Hall–Kier alpha value is -1.98. The maximum atomic E-state index is 12.8. The van der Waals surface area contributed by atoms with Gasteiger partial charge in [0.1, 0.15) is 4.70 Å². The quantitative estimate of drug-likeness (QED) is 0.805. The van der Waals surface area contributed by atoms with Gasteiger partial charge in [-0.05, 0) is 43.5 Å². The van der Waals surface area contributed by atoms with Crippen molar-refractivity contribution in [3.05, 3.63) is 53.1 Å². The van der Waals surface area contributed by atoms with Gasteiger partial charge in [0, 0.05) is 11.4 Å². The molecule has 0 aliphatic carbocycles. The standard InChI is InChI=1S/C18H19N3OS/c22-18-17-15(10-16(23-17)14-4-2-1-3-5-14)20-12-21(18)11-13-6-8-19-9-7-13/h1-5,10,12-13,19H,6-9,11H2. The summed E-state index contributed by atoms with van der Waals surface area (Å²) in [5.74, 6) is 0.571. The first-order valence-electron chi connectivity index (χ1n) is 8.06. The highest BCUT2D eigenvalue weighted by Gasteiger charge is 2.16. The van der Waals surface area contributed by atoms with Crippen molar-refractivity contribution in [2.75, 3.05) is 13.1 Å². The van der Waals surface area contributed by atoms with E-state index in [1.54, 1.807) is 22.2 Å². The van der Waals surface area contributed by atoms with E-state index >= 15 is 0 Å². The average molecular weight is 325 g/mol. The predicted octanol–water partition coefficient (Wildman–Crippen LogP) is 3.12. The Morgan fingerprint density at radius 2 is 2.00 bits per heavy atom. The van der Waals surface area contributed by atoms with Gasteiger partial charge in [0.25, 0.3) is 5.56 Å². The second-order valence-electron chi connectivity index (χ2n) is 6.09. The number of aromatic nitrogens is 2. The summed E-state index contributed by atoms with van der Waals surface area (Å²) in [5, 5.41) is 3.37. The zero-order valence-electron chi connectivity index (χ0n) is 12.9. The van der Waals surface area contributed by atoms with Crippen molar-refractivity contribution in [1.82, 2.24) is 14.9 Å². The van der Waals surface area contributed by atoms with Gasteiger partial charge in [0.05, 0.1) is 11.8 Å². The Kier molecular flexibility index (Phi) is 3.97. The van der Waals surface area contributed by atoms with Crippen molar-refractivity contribution < 1.29 is 0 Å². The molecule has 23 heavy (non-hydrogen) atoms. The molecule has 1 aliphatic heterocycles. The molecule has 0 unspecified atom stereocenters. The second kappa shape index (κ2) is 6.26. The molecule has 4 nitrogen and oxygen atoms in total. The van der Waals surface area contributed by atoms with Crippen LogP contribution in [0.5, 0.6) is 0 Å². The van der Waals surface area contributed by atoms with Crippen LogP contribution in [0.1, 0.15) is 12.8 Å². The molecular weight excluding hydrogens is 306 g/mol. The Balaban J connectivity index is 1.69. The molecule has 0 amide bonds. The Morgan fingerprint density at radius 3 is 2.78 bits per heavy atom. The summed E-state index contributed by atoms with van der Waals surface area (Å²) >= 11 is 1.55. The first kappa shape index (κ1) is 14.6. The lowest BCUT2D eigenvalue weighted by Gasteiger charge is -2.22. The molecule has 3 heterocycles. The number of hydrogen-bond donors (Lipinski definition) is 1. The fraction of sp³-hybridized carbons (Fsp3) is 0.333. The lowest BCUT2D eigenvalue weighted by molar-refractivity contribution is 0.329. The van der Waals surface area contributed by atoms with Crippen LogP contribution >= 0.6 is 11.3 Å². The fourth-order valence-electron chi connectivity index (χ4n) is 3.16. The van der Waals surface area contributed by atoms with E-state index in [9.17, 15) is 4.79 Å². The van der Waals surface area contributed by atoms with Gasteiger partial charge >= 0.3 is 0 Å². The molecule has 1 aromatic carbocycles. The third kappa shape index (κ3) is 2.94. The van der Waals surface area contributed by atoms with Crippen molar-refractivity contribution in [3.63, 3.8) is 0 Å². The molecule has 0 bridgehead atoms. The van der Waals surface area contributed by atoms with Crippen LogP contribution in [-0.4, -0.2) is 22.6 Å². The molecule has 4 rings (SSSR count). The summed E-state index contributed by atoms with van der Waals surface area (Å²) in [6, 6.07) is 12.2. The average Bonchev–Trinajstić information content (AvgIpc) is 3.04. The number of nitrogens with zero attached hydrogens (tertiary/aromatic N) is 2. The summed E-state index contributed by atoms with van der Waals surface area (Å²) in [4.78, 5) is 18.4. The van der Waals surface area contributed by atoms with Crippen LogP contribution in [0.4, 0.5) is 0 Å². The Labute approximate surface area is 138 Å². The van der Waals surface area contributed by atoms with E-state index in [1.807, 2.05) is 24.3 Å². The van der Waals surface area contributed by atoms with E-state index in [2.05, 4.69) is 22.4 Å². The van der Waals surface area contributed by atoms with Crippen LogP contribution < -0.4 is 10.9 Å². The molecule has 1 aliphatic rings. The first-order valence-corrected chi connectivity index (χ1v) is 8.88. The predicted molar refractivity (Wildman–Crippen MR) is 94.9 cm³/mol. The third-order valence-corrected chi connectivity index (χ3v) is 5.64. The van der Waals surface area contributed by atoms with Crippen LogP contribution in [-0.2, 0) is 6.54 Å². The number of benzene rings is 1. The minimum Gasteiger partial charge on any atom is -0.317 e. The highest BCUT2D eigenvalue weighted by molar-refractivity contribution is 7.22. The molecular formula is C18H19N3OS. The number of rotatable bonds is 3. The van der Waals surface area contributed by atoms with E-state index in [1.165, 1.54) is 0 Å². The molecule has 0 spiro atoms. The molecule has 0 atom stereocenters. The molecule has 0 radical (unpaired) electrons. The van der Waals surface area contributed by atoms with E-state index in [4.69, 9.17) is 0 Å². The summed E-state index contributed by atoms with van der Waals surface area (Å²) in [6.07, 6.45) is 3.97. The Bertz CT molecular complexity index is 863. The van der Waals surface area contributed by atoms with Crippen LogP contribution in [0.3, 0.4) is 0 Å². The molecule has 1 saturated heterocycles. The van der Waals surface area contributed by atoms with E-state index < -0.39 is 0 Å². The number of thiophene rings is 1. The number of piperidine rings is 1. The lowest BCUT2D eigenvalue weighted by Crippen LogP contribution is -2.32. The normalized spacial score (nSPS) is 16.0. The van der Waals surface area contributed by atoms with Gasteiger partial charge in [-0.25, -0.2) is 4.98 Å². The van der Waals surface area contributed by atoms with Crippen LogP contribution in [0.15, 0.2) is 47.5 Å². The van der Waals surface area contributed by atoms with Crippen molar-refractivity contribution in [1.29, 1.82) is 0 Å². The number of hydrogen-bond acceptors (Lipinski definition) is 4. The summed E-state index contributed by atoms with van der Waals surface area (Å²) in [6.45, 7) is 2.88. The van der Waals surface area contributed by atoms with Gasteiger partial charge in [-0.2, -0.15) is 0 Å². The topological polar surface area (TPSA) is 46.9 Å². The molecule has 1 N–H and O–H groups in total. The van der Waals surface area contributed by atoms with Crippen molar-refractivity contribution >= 4 is 21.6 Å². The summed E-state index contributed by atoms with van der Waals surface area (Å²) < 4.78 is 2.56. The lowest BCUT2D eigenvalue weighted by atomic mass is 9.98. The number of nitrogens with one attached hydrogen (secondary N) is 1. The number of fused-ring (bicyclic) bond motifs is 1. The molecule has 5 heteroatoms. The molecule has 118 valence electrons. The third-order valence-electron chi connectivity index (χ3n) is 4.48. The zero-order valence-corrected chi connectivity index (χ0v) is 13.7. The monoisotopic (exact) mass is 325 g/mol. The largest absolute Gasteiger partial charge is 0.317 e. The zero-order chi connectivity index (χ0) is 15.6. The van der Waals surface area contributed by atoms with Gasteiger partial charge < -0.3 is 5.32 Å². The summed E-state index contributed by atoms with van der Waals surface area (Å²) in [7, 11) is 0. The molecule has 2 aromatic heterocycles. The minimum atomic E-state index is 0.0979. The van der Waals surface area contributed by atoms with E-state index in [0.29, 0.717) is 5.92 Å². The van der Waals surface area contributed by atoms with E-state index in [-0.39, 0.29) is 5.56 Å². The molecule has 1 fully saturated rings. The highest BCUT2D eigenvalue weighted by atomic mass is 32.1. The van der Waals surface area contributed by atoms with Crippen molar-refractivity contribution in [2.24, 2.45) is 5.92 Å². The van der Waals surface area contributed by atoms with Gasteiger partial charge in [0.15, 0.2) is 0 Å². The van der Waals surface area contributed by atoms with E-state index in [0.717, 1.165) is 53.1 Å². The maximum Gasteiger partial charge on any atom is 0.271 e. The van der Waals surface area contributed by atoms with Crippen LogP contribution in [0.25, 0.3) is 20.7 Å². The van der Waals surface area contributed by atoms with Crippen LogP contribution in [0, 0.1) is 5.92 Å². The van der Waals surface area contributed by atoms with Crippen LogP contribution in [0.2, 0.25) is 0 Å². The fourth-order valence-corrected chi connectivity index (χ4v) is 4.23.